The van der Waals surface area contributed by atoms with Crippen molar-refractivity contribution in [3.63, 3.8) is 0 Å². The summed E-state index contributed by atoms with van der Waals surface area (Å²) in [4.78, 5) is 42.1. The molecular formula is C26H29N3O6. The number of piperidine rings is 1. The van der Waals surface area contributed by atoms with E-state index in [1.165, 1.54) is 43.4 Å². The van der Waals surface area contributed by atoms with Crippen LogP contribution in [-0.2, 0) is 14.3 Å². The van der Waals surface area contributed by atoms with Crippen LogP contribution < -0.4 is 10.1 Å². The first-order valence-corrected chi connectivity index (χ1v) is 11.4. The highest BCUT2D eigenvalue weighted by Crippen LogP contribution is 2.34. The first-order valence-electron chi connectivity index (χ1n) is 11.4. The third-order valence-electron chi connectivity index (χ3n) is 6.37. The molecule has 2 heterocycles. The summed E-state index contributed by atoms with van der Waals surface area (Å²) in [5.41, 5.74) is 3.01. The third-order valence-corrected chi connectivity index (χ3v) is 6.37. The molecule has 1 fully saturated rings. The molecule has 1 amide bonds. The number of nitrogens with one attached hydrogen (secondary N) is 2. The summed E-state index contributed by atoms with van der Waals surface area (Å²) in [7, 11) is 4.17. The molecule has 1 saturated heterocycles. The van der Waals surface area contributed by atoms with Crippen LogP contribution in [0.1, 0.15) is 45.0 Å². The van der Waals surface area contributed by atoms with E-state index in [1.807, 2.05) is 12.1 Å². The van der Waals surface area contributed by atoms with Gasteiger partial charge in [0.25, 0.3) is 0 Å². The second-order valence-corrected chi connectivity index (χ2v) is 8.54. The van der Waals surface area contributed by atoms with Crippen molar-refractivity contribution < 1.29 is 28.6 Å². The van der Waals surface area contributed by atoms with Gasteiger partial charge in [-0.15, -0.1) is 0 Å². The fourth-order valence-electron chi connectivity index (χ4n) is 4.56. The fraction of sp³-hybridized carbons (Fsp3) is 0.346. The molecule has 9 nitrogen and oxygen atoms in total. The van der Waals surface area contributed by atoms with E-state index in [-0.39, 0.29) is 23.6 Å². The first-order chi connectivity index (χ1) is 16.9. The number of nitrogens with zero attached hydrogens (tertiary/aromatic N) is 1. The highest BCUT2D eigenvalue weighted by atomic mass is 16.5. The Hall–Kier alpha value is -3.85. The number of carbonyl (C=O) groups excluding carboxylic acids is 3. The number of amides is 1. The smallest absolute Gasteiger partial charge is 0.337 e. The van der Waals surface area contributed by atoms with Gasteiger partial charge >= 0.3 is 11.9 Å². The van der Waals surface area contributed by atoms with Gasteiger partial charge in [0.15, 0.2) is 0 Å². The monoisotopic (exact) mass is 479 g/mol. The molecule has 184 valence electrons. The molecule has 35 heavy (non-hydrogen) atoms. The van der Waals surface area contributed by atoms with E-state index in [0.717, 1.165) is 37.2 Å². The van der Waals surface area contributed by atoms with E-state index >= 15 is 0 Å². The number of rotatable bonds is 7. The van der Waals surface area contributed by atoms with Gasteiger partial charge in [-0.3, -0.25) is 9.69 Å². The summed E-state index contributed by atoms with van der Waals surface area (Å²) in [6.07, 6.45) is 3.94. The molecule has 3 aromatic rings. The quantitative estimate of drug-likeness (QED) is 0.499. The van der Waals surface area contributed by atoms with Crippen LogP contribution in [0, 0.1) is 0 Å². The van der Waals surface area contributed by atoms with Crippen LogP contribution in [0.3, 0.4) is 0 Å². The Balaban J connectivity index is 1.38. The number of benzene rings is 2. The number of hydrogen-bond acceptors (Lipinski definition) is 7. The zero-order chi connectivity index (χ0) is 24.9. The topological polar surface area (TPSA) is 110 Å². The molecule has 1 aliphatic rings. The van der Waals surface area contributed by atoms with Gasteiger partial charge in [0.1, 0.15) is 5.75 Å². The maximum Gasteiger partial charge on any atom is 0.337 e. The lowest BCUT2D eigenvalue weighted by atomic mass is 9.89. The molecule has 4 rings (SSSR count). The molecular weight excluding hydrogens is 450 g/mol. The van der Waals surface area contributed by atoms with Gasteiger partial charge in [0.05, 0.1) is 39.0 Å². The number of aromatic nitrogens is 1. The number of likely N-dealkylation sites (tertiary alicyclic amines) is 1. The molecule has 0 atom stereocenters. The largest absolute Gasteiger partial charge is 0.497 e. The van der Waals surface area contributed by atoms with Crippen LogP contribution in [0.15, 0.2) is 42.6 Å². The average Bonchev–Trinajstić information content (AvgIpc) is 3.31. The molecule has 2 N–H and O–H groups in total. The van der Waals surface area contributed by atoms with Gasteiger partial charge in [-0.1, -0.05) is 0 Å². The van der Waals surface area contributed by atoms with Crippen molar-refractivity contribution in [2.75, 3.05) is 46.3 Å². The molecule has 1 aromatic heterocycles. The second kappa shape index (κ2) is 10.6. The number of ether oxygens (including phenoxy) is 3. The van der Waals surface area contributed by atoms with E-state index in [0.29, 0.717) is 11.6 Å². The van der Waals surface area contributed by atoms with E-state index in [4.69, 9.17) is 14.2 Å². The molecule has 0 spiro atoms. The summed E-state index contributed by atoms with van der Waals surface area (Å²) >= 11 is 0. The maximum absolute atomic E-state index is 12.7. The lowest BCUT2D eigenvalue weighted by Crippen LogP contribution is -2.38. The van der Waals surface area contributed by atoms with Crippen LogP contribution in [0.2, 0.25) is 0 Å². The van der Waals surface area contributed by atoms with Gasteiger partial charge in [-0.2, -0.15) is 0 Å². The molecule has 0 unspecified atom stereocenters. The summed E-state index contributed by atoms with van der Waals surface area (Å²) in [6, 6.07) is 10.4. The van der Waals surface area contributed by atoms with Crippen LogP contribution in [0.25, 0.3) is 10.9 Å². The van der Waals surface area contributed by atoms with E-state index in [9.17, 15) is 14.4 Å². The minimum atomic E-state index is -0.608. The van der Waals surface area contributed by atoms with Gasteiger partial charge in [0, 0.05) is 22.8 Å². The zero-order valence-corrected chi connectivity index (χ0v) is 20.1. The Bertz CT molecular complexity index is 1210. The minimum absolute atomic E-state index is 0.155. The highest BCUT2D eigenvalue weighted by molar-refractivity contribution is 5.99. The van der Waals surface area contributed by atoms with Gasteiger partial charge in [0.2, 0.25) is 5.91 Å². The number of carbonyl (C=O) groups is 3. The number of aromatic amines is 1. The number of hydrogen-bond donors (Lipinski definition) is 2. The summed E-state index contributed by atoms with van der Waals surface area (Å²) in [5, 5.41) is 3.96. The van der Waals surface area contributed by atoms with Gasteiger partial charge in [-0.25, -0.2) is 9.59 Å². The SMILES string of the molecule is COC(=O)c1cc(NC(=O)CN2CCC(c3c[nH]c4ccc(OC)cc34)CC2)cc(C(=O)OC)c1. The molecule has 0 saturated carbocycles. The van der Waals surface area contributed by atoms with Crippen molar-refractivity contribution in [2.24, 2.45) is 0 Å². The summed E-state index contributed by atoms with van der Waals surface area (Å²) in [6.45, 7) is 1.78. The third kappa shape index (κ3) is 5.46. The predicted molar refractivity (Wildman–Crippen MR) is 131 cm³/mol. The summed E-state index contributed by atoms with van der Waals surface area (Å²) < 4.78 is 14.9. The molecule has 1 aliphatic heterocycles. The van der Waals surface area contributed by atoms with Crippen molar-refractivity contribution in [3.05, 3.63) is 59.3 Å². The Morgan fingerprint density at radius 2 is 1.63 bits per heavy atom. The zero-order valence-electron chi connectivity index (χ0n) is 20.1. The maximum atomic E-state index is 12.7. The van der Waals surface area contributed by atoms with Crippen LogP contribution in [-0.4, -0.2) is 68.7 Å². The van der Waals surface area contributed by atoms with Crippen molar-refractivity contribution in [2.45, 2.75) is 18.8 Å². The highest BCUT2D eigenvalue weighted by Gasteiger charge is 2.24. The normalized spacial score (nSPS) is 14.5. The van der Waals surface area contributed by atoms with E-state index < -0.39 is 11.9 Å². The first kappa shape index (κ1) is 24.3. The number of anilines is 1. The van der Waals surface area contributed by atoms with E-state index in [2.05, 4.69) is 27.5 Å². The van der Waals surface area contributed by atoms with Crippen molar-refractivity contribution >= 4 is 34.4 Å². The second-order valence-electron chi connectivity index (χ2n) is 8.54. The number of H-pyrrole nitrogens is 1. The average molecular weight is 480 g/mol. The van der Waals surface area contributed by atoms with Crippen molar-refractivity contribution in [1.82, 2.24) is 9.88 Å². The van der Waals surface area contributed by atoms with Crippen molar-refractivity contribution in [3.8, 4) is 5.75 Å². The fourth-order valence-corrected chi connectivity index (χ4v) is 4.56. The lowest BCUT2D eigenvalue weighted by molar-refractivity contribution is -0.117. The van der Waals surface area contributed by atoms with E-state index in [1.54, 1.807) is 7.11 Å². The number of fused-ring (bicyclic) bond motifs is 1. The Kier molecular flexibility index (Phi) is 7.36. The van der Waals surface area contributed by atoms with Gasteiger partial charge in [-0.05, 0) is 73.8 Å². The molecule has 0 radical (unpaired) electrons. The molecule has 0 aliphatic carbocycles. The Labute approximate surface area is 203 Å². The standard InChI is InChI=1S/C26H29N3O6/c1-33-20-4-5-23-21(13-20)22(14-27-23)16-6-8-29(9-7-16)15-24(30)28-19-11-17(25(31)34-2)10-18(12-19)26(32)35-3/h4-5,10-14,16,27H,6-9,15H2,1-3H3,(H,28,30). The Morgan fingerprint density at radius 1 is 0.971 bits per heavy atom. The molecule has 0 bridgehead atoms. The van der Waals surface area contributed by atoms with Crippen LogP contribution in [0.5, 0.6) is 5.75 Å². The lowest BCUT2D eigenvalue weighted by Gasteiger charge is -2.31. The summed E-state index contributed by atoms with van der Waals surface area (Å²) in [5.74, 6) is -0.210. The number of esters is 2. The van der Waals surface area contributed by atoms with Crippen molar-refractivity contribution in [1.29, 1.82) is 0 Å². The molecule has 2 aromatic carbocycles. The Morgan fingerprint density at radius 3 is 2.23 bits per heavy atom. The van der Waals surface area contributed by atoms with Crippen LogP contribution >= 0.6 is 0 Å². The molecule has 9 heteroatoms. The van der Waals surface area contributed by atoms with Crippen LogP contribution in [0.4, 0.5) is 5.69 Å². The predicted octanol–water partition coefficient (Wildman–Crippen LogP) is 3.57. The number of methoxy groups -OCH3 is 3. The van der Waals surface area contributed by atoms with Gasteiger partial charge < -0.3 is 24.5 Å². The minimum Gasteiger partial charge on any atom is -0.497 e.